The van der Waals surface area contributed by atoms with E-state index in [4.69, 9.17) is 4.98 Å². The lowest BCUT2D eigenvalue weighted by molar-refractivity contribution is 0.0271. The molecule has 0 saturated carbocycles. The fourth-order valence-corrected chi connectivity index (χ4v) is 6.13. The maximum absolute atomic E-state index is 4.99. The van der Waals surface area contributed by atoms with Gasteiger partial charge in [-0.15, -0.1) is 0 Å². The monoisotopic (exact) mass is 384 g/mol. The summed E-state index contributed by atoms with van der Waals surface area (Å²) in [4.78, 5) is 12.4. The summed E-state index contributed by atoms with van der Waals surface area (Å²) < 4.78 is 2.53. The van der Waals surface area contributed by atoms with Gasteiger partial charge >= 0.3 is 0 Å². The average Bonchev–Trinajstić information content (AvgIpc) is 3.09. The third-order valence-corrected chi connectivity index (χ3v) is 7.70. The second kappa shape index (κ2) is 6.02. The van der Waals surface area contributed by atoms with Gasteiger partial charge in [0.15, 0.2) is 0 Å². The highest BCUT2D eigenvalue weighted by molar-refractivity contribution is 5.91. The summed E-state index contributed by atoms with van der Waals surface area (Å²) in [5, 5.41) is 1.42. The largest absolute Gasteiger partial charge is 0.310 e. The van der Waals surface area contributed by atoms with E-state index in [1.165, 1.54) is 48.2 Å². The summed E-state index contributed by atoms with van der Waals surface area (Å²) in [7, 11) is 0. The predicted octanol–water partition coefficient (Wildman–Crippen LogP) is 5.04. The van der Waals surface area contributed by atoms with Crippen LogP contribution in [-0.4, -0.2) is 32.5 Å². The summed E-state index contributed by atoms with van der Waals surface area (Å²) in [5.41, 5.74) is 8.86. The fraction of sp³-hybridized carbons (Fsp3) is 0.440. The lowest BCUT2D eigenvalue weighted by atomic mass is 9.66. The number of benzene rings is 1. The summed E-state index contributed by atoms with van der Waals surface area (Å²) in [5.74, 6) is 0. The van der Waals surface area contributed by atoms with Crippen molar-refractivity contribution in [2.75, 3.05) is 13.1 Å². The molecule has 0 spiro atoms. The molecular weight excluding hydrogens is 356 g/mol. The van der Waals surface area contributed by atoms with E-state index in [-0.39, 0.29) is 5.41 Å². The Morgan fingerprint density at radius 1 is 1.14 bits per heavy atom. The Kier molecular flexibility index (Phi) is 3.61. The SMILES string of the molecule is CCC12C=C(c3cnc(C)c(C)n3)n3c4c(c5ccccc53)CCN(CCC1)[C@H]42. The van der Waals surface area contributed by atoms with Crippen LogP contribution in [0.25, 0.3) is 16.6 Å². The molecule has 29 heavy (non-hydrogen) atoms. The minimum absolute atomic E-state index is 0.188. The molecule has 2 aromatic heterocycles. The van der Waals surface area contributed by atoms with Crippen LogP contribution in [0, 0.1) is 19.3 Å². The van der Waals surface area contributed by atoms with Gasteiger partial charge in [0.1, 0.15) is 5.69 Å². The van der Waals surface area contributed by atoms with Gasteiger partial charge in [0.25, 0.3) is 0 Å². The van der Waals surface area contributed by atoms with E-state index in [9.17, 15) is 0 Å². The Morgan fingerprint density at radius 2 is 2.00 bits per heavy atom. The Bertz CT molecular complexity index is 1170. The van der Waals surface area contributed by atoms with Crippen molar-refractivity contribution in [3.8, 4) is 0 Å². The van der Waals surface area contributed by atoms with E-state index in [1.807, 2.05) is 13.1 Å². The molecule has 1 unspecified atom stereocenters. The molecule has 5 heterocycles. The number of hydrogen-bond acceptors (Lipinski definition) is 3. The number of aryl methyl sites for hydroxylation is 2. The van der Waals surface area contributed by atoms with Crippen LogP contribution in [0.3, 0.4) is 0 Å². The highest BCUT2D eigenvalue weighted by Crippen LogP contribution is 2.57. The highest BCUT2D eigenvalue weighted by Gasteiger charge is 2.50. The predicted molar refractivity (Wildman–Crippen MR) is 117 cm³/mol. The zero-order valence-electron chi connectivity index (χ0n) is 17.6. The van der Waals surface area contributed by atoms with Gasteiger partial charge < -0.3 is 4.57 Å². The number of nitrogens with zero attached hydrogens (tertiary/aromatic N) is 4. The molecule has 4 heteroatoms. The average molecular weight is 385 g/mol. The smallest absolute Gasteiger partial charge is 0.105 e. The third-order valence-electron chi connectivity index (χ3n) is 7.70. The number of aromatic nitrogens is 3. The summed E-state index contributed by atoms with van der Waals surface area (Å²) in [6.07, 6.45) is 9.39. The Labute approximate surface area is 172 Å². The first-order valence-electron chi connectivity index (χ1n) is 11.0. The number of rotatable bonds is 2. The van der Waals surface area contributed by atoms with E-state index in [2.05, 4.69) is 58.6 Å². The first-order valence-corrected chi connectivity index (χ1v) is 11.0. The Balaban J connectivity index is 1.72. The van der Waals surface area contributed by atoms with Crippen LogP contribution < -0.4 is 0 Å². The van der Waals surface area contributed by atoms with Crippen molar-refractivity contribution >= 4 is 16.6 Å². The van der Waals surface area contributed by atoms with Crippen LogP contribution in [0.15, 0.2) is 36.5 Å². The molecule has 0 bridgehead atoms. The van der Waals surface area contributed by atoms with Gasteiger partial charge in [-0.3, -0.25) is 9.88 Å². The van der Waals surface area contributed by atoms with E-state index in [0.29, 0.717) is 6.04 Å². The third kappa shape index (κ3) is 2.24. The molecule has 6 rings (SSSR count). The number of para-hydroxylation sites is 1. The Hall–Kier alpha value is -2.46. The van der Waals surface area contributed by atoms with Gasteiger partial charge in [0.05, 0.1) is 34.8 Å². The van der Waals surface area contributed by atoms with E-state index < -0.39 is 0 Å². The molecule has 4 nitrogen and oxygen atoms in total. The zero-order valence-corrected chi connectivity index (χ0v) is 17.6. The van der Waals surface area contributed by atoms with Gasteiger partial charge in [0, 0.05) is 23.0 Å². The molecule has 1 fully saturated rings. The van der Waals surface area contributed by atoms with Gasteiger partial charge in [-0.1, -0.05) is 25.1 Å². The standard InChI is InChI=1S/C25H28N4/c1-4-25-11-7-12-28-13-10-19-18-8-5-6-9-21(18)29(23(19)24(25)28)22(14-25)20-15-26-16(2)17(3)27-20/h5-6,8-9,14-15,24H,4,7,10-13H2,1-3H3/t24-,25?/m1/s1. The van der Waals surface area contributed by atoms with Crippen LogP contribution in [-0.2, 0) is 6.42 Å². The maximum Gasteiger partial charge on any atom is 0.105 e. The van der Waals surface area contributed by atoms with Crippen molar-refractivity contribution in [1.82, 2.24) is 19.4 Å². The quantitative estimate of drug-likeness (QED) is 0.621. The fourth-order valence-electron chi connectivity index (χ4n) is 6.13. The van der Waals surface area contributed by atoms with Crippen LogP contribution in [0.5, 0.6) is 0 Å². The normalized spacial score (nSPS) is 25.8. The van der Waals surface area contributed by atoms with Crippen LogP contribution in [0.4, 0.5) is 0 Å². The van der Waals surface area contributed by atoms with Crippen molar-refractivity contribution < 1.29 is 0 Å². The number of hydrogen-bond donors (Lipinski definition) is 0. The van der Waals surface area contributed by atoms with Gasteiger partial charge in [-0.25, -0.2) is 4.98 Å². The lowest BCUT2D eigenvalue weighted by Crippen LogP contribution is -2.50. The highest BCUT2D eigenvalue weighted by atomic mass is 15.2. The Morgan fingerprint density at radius 3 is 2.83 bits per heavy atom. The molecule has 1 aromatic carbocycles. The van der Waals surface area contributed by atoms with Crippen LogP contribution in [0.1, 0.15) is 60.6 Å². The summed E-state index contributed by atoms with van der Waals surface area (Å²) in [6, 6.07) is 9.43. The summed E-state index contributed by atoms with van der Waals surface area (Å²) >= 11 is 0. The molecular formula is C25H28N4. The number of piperidine rings is 1. The second-order valence-corrected chi connectivity index (χ2v) is 9.05. The molecule has 148 valence electrons. The second-order valence-electron chi connectivity index (χ2n) is 9.05. The van der Waals surface area contributed by atoms with E-state index in [1.54, 1.807) is 5.56 Å². The van der Waals surface area contributed by atoms with Crippen molar-refractivity contribution in [3.05, 3.63) is 64.9 Å². The minimum atomic E-state index is 0.188. The maximum atomic E-state index is 4.99. The molecule has 3 aliphatic heterocycles. The molecule has 0 amide bonds. The van der Waals surface area contributed by atoms with E-state index >= 15 is 0 Å². The molecule has 1 saturated heterocycles. The van der Waals surface area contributed by atoms with Crippen LogP contribution >= 0.6 is 0 Å². The molecule has 0 aliphatic carbocycles. The van der Waals surface area contributed by atoms with E-state index in [0.717, 1.165) is 29.9 Å². The molecule has 2 atom stereocenters. The first kappa shape index (κ1) is 17.4. The molecule has 0 N–H and O–H groups in total. The first-order chi connectivity index (χ1) is 14.1. The topological polar surface area (TPSA) is 34.0 Å². The van der Waals surface area contributed by atoms with Crippen molar-refractivity contribution in [2.24, 2.45) is 5.41 Å². The summed E-state index contributed by atoms with van der Waals surface area (Å²) in [6.45, 7) is 8.88. The molecule has 0 radical (unpaired) electrons. The minimum Gasteiger partial charge on any atom is -0.310 e. The molecule has 3 aromatic rings. The van der Waals surface area contributed by atoms with Crippen molar-refractivity contribution in [3.63, 3.8) is 0 Å². The molecule has 3 aliphatic rings. The van der Waals surface area contributed by atoms with Gasteiger partial charge in [0.2, 0.25) is 0 Å². The van der Waals surface area contributed by atoms with Gasteiger partial charge in [-0.05, 0) is 63.8 Å². The van der Waals surface area contributed by atoms with Crippen LogP contribution in [0.2, 0.25) is 0 Å². The van der Waals surface area contributed by atoms with Crippen molar-refractivity contribution in [1.29, 1.82) is 0 Å². The zero-order chi connectivity index (χ0) is 19.8. The number of fused-ring (bicyclic) bond motifs is 3. The van der Waals surface area contributed by atoms with Crippen molar-refractivity contribution in [2.45, 2.75) is 52.5 Å². The van der Waals surface area contributed by atoms with Gasteiger partial charge in [-0.2, -0.15) is 0 Å². The lowest BCUT2D eigenvalue weighted by Gasteiger charge is -2.53.